The molecule has 6 heteroatoms. The number of fused-ring (bicyclic) bond motifs is 1. The molecule has 0 radical (unpaired) electrons. The normalized spacial score (nSPS) is 32.9. The number of halogens is 1. The van der Waals surface area contributed by atoms with Gasteiger partial charge in [-0.3, -0.25) is 0 Å². The van der Waals surface area contributed by atoms with Crippen molar-refractivity contribution in [3.05, 3.63) is 27.3 Å². The summed E-state index contributed by atoms with van der Waals surface area (Å²) in [6.45, 7) is 0.681. The van der Waals surface area contributed by atoms with Gasteiger partial charge in [-0.2, -0.15) is 0 Å². The zero-order valence-electron chi connectivity index (χ0n) is 15.2. The molecule has 2 aliphatic heterocycles. The summed E-state index contributed by atoms with van der Waals surface area (Å²) in [5, 5.41) is 12.0. The Morgan fingerprint density at radius 3 is 2.89 bits per heavy atom. The predicted molar refractivity (Wildman–Crippen MR) is 97.3 cm³/mol. The van der Waals surface area contributed by atoms with E-state index < -0.39 is 0 Å². The summed E-state index contributed by atoms with van der Waals surface area (Å²) in [6, 6.07) is 8.11. The Kier molecular flexibility index (Phi) is 4.19. The van der Waals surface area contributed by atoms with Crippen molar-refractivity contribution in [2.24, 2.45) is 16.3 Å². The van der Waals surface area contributed by atoms with E-state index in [0.717, 1.165) is 30.5 Å². The van der Waals surface area contributed by atoms with E-state index in [4.69, 9.17) is 10.00 Å². The molecular formula is C21H23IN3O2-. The second kappa shape index (κ2) is 6.47. The van der Waals surface area contributed by atoms with Crippen molar-refractivity contribution >= 4 is 18.0 Å². The van der Waals surface area contributed by atoms with Crippen molar-refractivity contribution in [1.82, 2.24) is 5.32 Å². The quantitative estimate of drug-likeness (QED) is 0.517. The van der Waals surface area contributed by atoms with Crippen LogP contribution in [0.4, 0.5) is 10.5 Å². The van der Waals surface area contributed by atoms with Crippen LogP contribution in [0.5, 0.6) is 0 Å². The maximum absolute atomic E-state index is 11.6. The first-order valence-corrected chi connectivity index (χ1v) is 12.1. The Labute approximate surface area is 169 Å². The van der Waals surface area contributed by atoms with Crippen LogP contribution in [0.2, 0.25) is 0 Å². The molecule has 2 saturated carbocycles. The van der Waals surface area contributed by atoms with Crippen molar-refractivity contribution < 1.29 is 30.7 Å². The molecule has 1 aromatic rings. The zero-order valence-corrected chi connectivity index (χ0v) is 17.4. The van der Waals surface area contributed by atoms with E-state index in [1.807, 2.05) is 18.2 Å². The summed E-state index contributed by atoms with van der Waals surface area (Å²) in [5.41, 5.74) is 2.07. The fourth-order valence-corrected chi connectivity index (χ4v) is 8.04. The number of carbonyl (C=O) groups is 1. The Bertz CT molecular complexity index is 857. The van der Waals surface area contributed by atoms with Gasteiger partial charge in [0.15, 0.2) is 0 Å². The van der Waals surface area contributed by atoms with Crippen LogP contribution in [0.3, 0.4) is 0 Å². The van der Waals surface area contributed by atoms with Crippen LogP contribution in [0.1, 0.15) is 50.5 Å². The van der Waals surface area contributed by atoms with Crippen LogP contribution in [0, 0.1) is 26.2 Å². The molecule has 3 atom stereocenters. The SMILES string of the molecule is N#Cc1ccc2c(c1)[I-]C(CCC1C[C@@]3(CCC14CC4)CNC(=O)O3)C=N2. The average molecular weight is 476 g/mol. The number of nitriles is 1. The van der Waals surface area contributed by atoms with Gasteiger partial charge in [0.05, 0.1) is 0 Å². The number of benzene rings is 1. The van der Waals surface area contributed by atoms with E-state index in [0.29, 0.717) is 21.8 Å². The Morgan fingerprint density at radius 2 is 2.15 bits per heavy atom. The first-order valence-electron chi connectivity index (χ1n) is 9.78. The van der Waals surface area contributed by atoms with Crippen LogP contribution in [0.15, 0.2) is 23.2 Å². The molecular weight excluding hydrogens is 453 g/mol. The maximum atomic E-state index is 11.6. The van der Waals surface area contributed by atoms with Gasteiger partial charge < -0.3 is 0 Å². The van der Waals surface area contributed by atoms with E-state index in [-0.39, 0.29) is 32.9 Å². The summed E-state index contributed by atoms with van der Waals surface area (Å²) >= 11 is -0.159. The minimum atomic E-state index is -0.250. The van der Waals surface area contributed by atoms with Gasteiger partial charge in [-0.25, -0.2) is 0 Å². The number of hydrogen-bond acceptors (Lipinski definition) is 4. The van der Waals surface area contributed by atoms with E-state index in [2.05, 4.69) is 22.6 Å². The summed E-state index contributed by atoms with van der Waals surface area (Å²) in [6.07, 6.45) is 10.2. The van der Waals surface area contributed by atoms with Gasteiger partial charge in [0, 0.05) is 0 Å². The van der Waals surface area contributed by atoms with Crippen molar-refractivity contribution in [3.63, 3.8) is 0 Å². The van der Waals surface area contributed by atoms with Gasteiger partial charge >= 0.3 is 170 Å². The van der Waals surface area contributed by atoms with Crippen LogP contribution in [0.25, 0.3) is 0 Å². The molecule has 1 aromatic carbocycles. The molecule has 0 aromatic heterocycles. The van der Waals surface area contributed by atoms with E-state index in [1.165, 1.54) is 29.3 Å². The van der Waals surface area contributed by atoms with Gasteiger partial charge in [0.25, 0.3) is 0 Å². The zero-order chi connectivity index (χ0) is 18.5. The van der Waals surface area contributed by atoms with Crippen molar-refractivity contribution in [2.45, 2.75) is 54.5 Å². The first kappa shape index (κ1) is 17.5. The molecule has 3 fully saturated rings. The number of nitrogens with zero attached hydrogens (tertiary/aromatic N) is 2. The summed E-state index contributed by atoms with van der Waals surface area (Å²) in [5.74, 6) is 0.656. The first-order chi connectivity index (χ1) is 13.1. The number of nitrogens with one attached hydrogen (secondary N) is 1. The molecule has 4 aliphatic rings. The van der Waals surface area contributed by atoms with Gasteiger partial charge in [-0.1, -0.05) is 0 Å². The Hall–Kier alpha value is -1.62. The van der Waals surface area contributed by atoms with Crippen molar-refractivity contribution in [1.29, 1.82) is 5.26 Å². The monoisotopic (exact) mass is 476 g/mol. The molecule has 1 saturated heterocycles. The van der Waals surface area contributed by atoms with Gasteiger partial charge in [-0.05, 0) is 0 Å². The van der Waals surface area contributed by atoms with Gasteiger partial charge in [0.2, 0.25) is 0 Å². The topological polar surface area (TPSA) is 74.5 Å². The van der Waals surface area contributed by atoms with Crippen LogP contribution >= 0.6 is 0 Å². The third-order valence-electron chi connectivity index (χ3n) is 6.82. The fraction of sp³-hybridized carbons (Fsp3) is 0.571. The Balaban J connectivity index is 1.25. The number of rotatable bonds is 3. The van der Waals surface area contributed by atoms with E-state index >= 15 is 0 Å². The van der Waals surface area contributed by atoms with Crippen LogP contribution < -0.4 is 26.5 Å². The second-order valence-corrected chi connectivity index (χ2v) is 11.8. The summed E-state index contributed by atoms with van der Waals surface area (Å²) < 4.78 is 7.55. The molecule has 2 heterocycles. The van der Waals surface area contributed by atoms with Crippen molar-refractivity contribution in [2.75, 3.05) is 6.54 Å². The van der Waals surface area contributed by atoms with Gasteiger partial charge in [0.1, 0.15) is 0 Å². The molecule has 1 amide bonds. The third kappa shape index (κ3) is 3.24. The number of alkyl carbamates (subject to hydrolysis) is 1. The van der Waals surface area contributed by atoms with Gasteiger partial charge in [-0.15, -0.1) is 0 Å². The number of carbonyl (C=O) groups excluding carboxylic acids is 1. The molecule has 1 N–H and O–H groups in total. The van der Waals surface area contributed by atoms with Crippen molar-refractivity contribution in [3.8, 4) is 6.07 Å². The van der Waals surface area contributed by atoms with E-state index in [9.17, 15) is 4.79 Å². The fourth-order valence-electron chi connectivity index (χ4n) is 5.03. The van der Waals surface area contributed by atoms with Crippen LogP contribution in [-0.2, 0) is 4.74 Å². The summed E-state index contributed by atoms with van der Waals surface area (Å²) in [4.78, 5) is 16.3. The molecule has 5 rings (SSSR count). The molecule has 5 nitrogen and oxygen atoms in total. The number of alkyl halides is 1. The number of hydrogen-bond donors (Lipinski definition) is 1. The molecule has 2 unspecified atom stereocenters. The molecule has 27 heavy (non-hydrogen) atoms. The summed E-state index contributed by atoms with van der Waals surface area (Å²) in [7, 11) is 0. The van der Waals surface area contributed by atoms with E-state index in [1.54, 1.807) is 0 Å². The second-order valence-electron chi connectivity index (χ2n) is 8.45. The number of aliphatic imine (C=N–C) groups is 1. The third-order valence-corrected chi connectivity index (χ3v) is 10.1. The predicted octanol–water partition coefficient (Wildman–Crippen LogP) is 0.740. The minimum absolute atomic E-state index is 0.159. The number of amides is 1. The molecule has 2 aliphatic carbocycles. The average Bonchev–Trinajstić information content (AvgIpc) is 3.39. The van der Waals surface area contributed by atoms with Crippen LogP contribution in [-0.4, -0.2) is 28.4 Å². The molecule has 142 valence electrons. The number of ether oxygens (including phenoxy) is 1. The Morgan fingerprint density at radius 1 is 1.30 bits per heavy atom. The molecule has 0 bridgehead atoms. The molecule has 2 spiro atoms. The standard InChI is InChI=1S/C21H23IN3O2/c23-11-14-1-4-18-17(9-14)22-16(12-24-18)3-2-15-10-21(13-25-19(26)27-21)8-7-20(15)5-6-20/h1,4,9,12,15-16H,2-3,5-8,10,13H2,(H,25,26)/q-1/t15?,16?,21-/m0/s1.